The number of hydrogen-bond donors (Lipinski definition) is 1. The second-order valence-electron chi connectivity index (χ2n) is 13.9. The predicted octanol–water partition coefficient (Wildman–Crippen LogP) is 12.1. The largest absolute Gasteiger partial charge is 0.507 e. The summed E-state index contributed by atoms with van der Waals surface area (Å²) in [5.74, 6) is 0.408. The van der Waals surface area contributed by atoms with Crippen molar-refractivity contribution < 1.29 is 14.6 Å². The van der Waals surface area contributed by atoms with E-state index in [1.165, 1.54) is 101 Å². The van der Waals surface area contributed by atoms with Gasteiger partial charge >= 0.3 is 5.97 Å². The molecule has 0 atom stereocenters. The Bertz CT molecular complexity index is 820. The summed E-state index contributed by atoms with van der Waals surface area (Å²) in [5.41, 5.74) is 4.52. The van der Waals surface area contributed by atoms with Gasteiger partial charge in [-0.3, -0.25) is 4.79 Å². The van der Waals surface area contributed by atoms with Crippen LogP contribution in [0.5, 0.6) is 5.75 Å². The molecule has 0 aliphatic heterocycles. The third-order valence-electron chi connectivity index (χ3n) is 8.75. The van der Waals surface area contributed by atoms with Gasteiger partial charge in [0.1, 0.15) is 5.75 Å². The molecule has 0 spiro atoms. The van der Waals surface area contributed by atoms with Gasteiger partial charge in [-0.25, -0.2) is 0 Å². The predicted molar refractivity (Wildman–Crippen MR) is 183 cm³/mol. The minimum absolute atomic E-state index is 0.0867. The number of aryl methyl sites for hydroxylation is 2. The van der Waals surface area contributed by atoms with Crippen molar-refractivity contribution in [1.29, 1.82) is 0 Å². The molecule has 1 rings (SSSR count). The molecule has 0 saturated carbocycles. The highest BCUT2D eigenvalue weighted by Gasteiger charge is 2.26. The lowest BCUT2D eigenvalue weighted by atomic mass is 9.76. The van der Waals surface area contributed by atoms with Crippen molar-refractivity contribution in [3.05, 3.63) is 28.3 Å². The van der Waals surface area contributed by atoms with Crippen LogP contribution >= 0.6 is 0 Å². The summed E-state index contributed by atoms with van der Waals surface area (Å²) in [6.07, 6.45) is 28.8. The molecule has 1 N–H and O–H groups in total. The normalized spacial score (nSPS) is 11.8. The third kappa shape index (κ3) is 17.0. The first-order chi connectivity index (χ1) is 20.3. The zero-order chi connectivity index (χ0) is 31.1. The second-order valence-corrected chi connectivity index (χ2v) is 13.9. The van der Waals surface area contributed by atoms with Gasteiger partial charge in [0, 0.05) is 6.42 Å². The molecule has 3 heteroatoms. The fraction of sp³-hybridized carbons (Fsp3) is 0.821. The third-order valence-corrected chi connectivity index (χ3v) is 8.75. The highest BCUT2D eigenvalue weighted by molar-refractivity contribution is 5.70. The van der Waals surface area contributed by atoms with Crippen LogP contribution in [0.2, 0.25) is 0 Å². The van der Waals surface area contributed by atoms with Crippen molar-refractivity contribution in [1.82, 2.24) is 0 Å². The Morgan fingerprint density at radius 1 is 0.619 bits per heavy atom. The summed E-state index contributed by atoms with van der Waals surface area (Å²) in [7, 11) is 0. The number of hydrogen-bond acceptors (Lipinski definition) is 3. The molecule has 1 aromatic rings. The maximum absolute atomic E-state index is 12.6. The summed E-state index contributed by atoms with van der Waals surface area (Å²) >= 11 is 0. The van der Waals surface area contributed by atoms with Crippen LogP contribution in [0.4, 0.5) is 0 Å². The van der Waals surface area contributed by atoms with E-state index in [1.54, 1.807) is 0 Å². The molecule has 0 radical (unpaired) electrons. The van der Waals surface area contributed by atoms with Gasteiger partial charge in [-0.05, 0) is 66.2 Å². The van der Waals surface area contributed by atoms with E-state index >= 15 is 0 Å². The van der Waals surface area contributed by atoms with Crippen molar-refractivity contribution in [2.45, 2.75) is 201 Å². The van der Waals surface area contributed by atoms with Crippen molar-refractivity contribution in [3.63, 3.8) is 0 Å². The Kier molecular flexibility index (Phi) is 21.9. The Labute approximate surface area is 262 Å². The average Bonchev–Trinajstić information content (AvgIpc) is 2.95. The van der Waals surface area contributed by atoms with Crippen molar-refractivity contribution in [3.8, 4) is 5.75 Å². The van der Waals surface area contributed by atoms with E-state index in [9.17, 15) is 9.90 Å². The minimum Gasteiger partial charge on any atom is -0.507 e. The van der Waals surface area contributed by atoms with E-state index < -0.39 is 0 Å². The Morgan fingerprint density at radius 3 is 1.55 bits per heavy atom. The molecule has 0 aliphatic carbocycles. The first-order valence-corrected chi connectivity index (χ1v) is 18.3. The van der Waals surface area contributed by atoms with E-state index in [1.807, 2.05) is 0 Å². The summed E-state index contributed by atoms with van der Waals surface area (Å²) in [4.78, 5) is 12.6. The number of phenolic OH excluding ortho intramolecular Hbond substituents is 1. The summed E-state index contributed by atoms with van der Waals surface area (Å²) in [5, 5.41) is 11.2. The standard InChI is InChI=1S/C39H70O3/c1-7-10-13-14-15-16-17-18-19-20-21-22-23-24-25-26-31-42-36(40)30-29-33-32-34(27-11-8-2)38(41)35(28-12-9-3)37(33)39(4,5)6/h32,41H,7-31H2,1-6H3. The molecule has 0 fully saturated rings. The Balaban J connectivity index is 2.33. The molecule has 1 aromatic carbocycles. The SMILES string of the molecule is CCCCCCCCCCCCCCCCCCOC(=O)CCc1cc(CCCC)c(O)c(CCCC)c1C(C)(C)C. The second kappa shape index (κ2) is 23.9. The minimum atomic E-state index is -0.0888. The molecular weight excluding hydrogens is 516 g/mol. The monoisotopic (exact) mass is 587 g/mol. The molecule has 244 valence electrons. The smallest absolute Gasteiger partial charge is 0.306 e. The molecule has 0 aliphatic rings. The van der Waals surface area contributed by atoms with Crippen LogP contribution in [-0.4, -0.2) is 17.7 Å². The van der Waals surface area contributed by atoms with E-state index in [0.717, 1.165) is 62.5 Å². The van der Waals surface area contributed by atoms with Crippen LogP contribution in [0.1, 0.15) is 199 Å². The van der Waals surface area contributed by atoms with E-state index in [0.29, 0.717) is 25.2 Å². The quantitative estimate of drug-likeness (QED) is 0.0867. The molecular formula is C39H70O3. The number of carbonyl (C=O) groups excluding carboxylic acids is 1. The van der Waals surface area contributed by atoms with Crippen LogP contribution in [0.3, 0.4) is 0 Å². The molecule has 3 nitrogen and oxygen atoms in total. The lowest BCUT2D eigenvalue weighted by Crippen LogP contribution is -2.19. The number of rotatable bonds is 26. The zero-order valence-electron chi connectivity index (χ0n) is 29.0. The lowest BCUT2D eigenvalue weighted by Gasteiger charge is -2.29. The van der Waals surface area contributed by atoms with Gasteiger partial charge in [0.2, 0.25) is 0 Å². The number of esters is 1. The average molecular weight is 587 g/mol. The molecule has 0 amide bonds. The maximum Gasteiger partial charge on any atom is 0.306 e. The number of unbranched alkanes of at least 4 members (excludes halogenated alkanes) is 17. The Morgan fingerprint density at radius 2 is 1.07 bits per heavy atom. The number of ether oxygens (including phenoxy) is 1. The van der Waals surface area contributed by atoms with E-state index in [2.05, 4.69) is 47.6 Å². The van der Waals surface area contributed by atoms with Crippen molar-refractivity contribution in [2.24, 2.45) is 0 Å². The Hall–Kier alpha value is -1.51. The first-order valence-electron chi connectivity index (χ1n) is 18.3. The van der Waals surface area contributed by atoms with Crippen molar-refractivity contribution >= 4 is 5.97 Å². The number of carbonyl (C=O) groups is 1. The van der Waals surface area contributed by atoms with Gasteiger partial charge in [-0.1, -0.05) is 157 Å². The van der Waals surface area contributed by atoms with Crippen LogP contribution in [0, 0.1) is 0 Å². The zero-order valence-corrected chi connectivity index (χ0v) is 29.0. The molecule has 0 heterocycles. The van der Waals surface area contributed by atoms with Gasteiger partial charge in [0.05, 0.1) is 6.61 Å². The van der Waals surface area contributed by atoms with Crippen LogP contribution < -0.4 is 0 Å². The fourth-order valence-electron chi connectivity index (χ4n) is 6.29. The highest BCUT2D eigenvalue weighted by Crippen LogP contribution is 2.39. The molecule has 0 unspecified atom stereocenters. The molecule has 42 heavy (non-hydrogen) atoms. The highest BCUT2D eigenvalue weighted by atomic mass is 16.5. The molecule has 0 aromatic heterocycles. The topological polar surface area (TPSA) is 46.5 Å². The number of aromatic hydroxyl groups is 1. The van der Waals surface area contributed by atoms with Crippen LogP contribution in [0.15, 0.2) is 6.07 Å². The van der Waals surface area contributed by atoms with Gasteiger partial charge in [-0.2, -0.15) is 0 Å². The fourth-order valence-corrected chi connectivity index (χ4v) is 6.29. The van der Waals surface area contributed by atoms with Gasteiger partial charge in [0.15, 0.2) is 0 Å². The molecule has 0 bridgehead atoms. The summed E-state index contributed by atoms with van der Waals surface area (Å²) in [6, 6.07) is 2.18. The van der Waals surface area contributed by atoms with E-state index in [4.69, 9.17) is 4.74 Å². The summed E-state index contributed by atoms with van der Waals surface area (Å²) < 4.78 is 5.63. The van der Waals surface area contributed by atoms with Crippen molar-refractivity contribution in [2.75, 3.05) is 6.61 Å². The maximum atomic E-state index is 12.6. The van der Waals surface area contributed by atoms with Crippen LogP contribution in [0.25, 0.3) is 0 Å². The molecule has 0 saturated heterocycles. The van der Waals surface area contributed by atoms with Gasteiger partial charge in [0.25, 0.3) is 0 Å². The number of benzene rings is 1. The van der Waals surface area contributed by atoms with Gasteiger partial charge < -0.3 is 9.84 Å². The van der Waals surface area contributed by atoms with Crippen LogP contribution in [-0.2, 0) is 34.2 Å². The number of phenols is 1. The summed E-state index contributed by atoms with van der Waals surface area (Å²) in [6.45, 7) is 13.9. The van der Waals surface area contributed by atoms with E-state index in [-0.39, 0.29) is 11.4 Å². The lowest BCUT2D eigenvalue weighted by molar-refractivity contribution is -0.143. The first kappa shape index (κ1) is 38.5. The van der Waals surface area contributed by atoms with Gasteiger partial charge in [-0.15, -0.1) is 0 Å².